The molecule has 4 heteroatoms. The molecule has 1 N–H and O–H groups in total. The second kappa shape index (κ2) is 14.0. The molecule has 198 valence electrons. The van der Waals surface area contributed by atoms with Crippen molar-refractivity contribution in [3.05, 3.63) is 53.6 Å². The number of hydrogen-bond acceptors (Lipinski definition) is 4. The van der Waals surface area contributed by atoms with Crippen LogP contribution in [0.3, 0.4) is 0 Å². The molecule has 4 rings (SSSR count). The molecule has 2 aliphatic rings. The van der Waals surface area contributed by atoms with E-state index in [1.807, 2.05) is 0 Å². The molecule has 0 unspecified atom stereocenters. The van der Waals surface area contributed by atoms with Gasteiger partial charge in [0.15, 0.2) is 0 Å². The molecular formula is C32H46O3S. The van der Waals surface area contributed by atoms with Gasteiger partial charge in [0.05, 0.1) is 12.0 Å². The maximum atomic E-state index is 8.78. The Labute approximate surface area is 223 Å². The second-order valence-electron chi connectivity index (χ2n) is 11.6. The molecule has 0 aliphatic heterocycles. The van der Waals surface area contributed by atoms with Crippen LogP contribution < -0.4 is 0 Å². The van der Waals surface area contributed by atoms with Gasteiger partial charge in [-0.1, -0.05) is 101 Å². The van der Waals surface area contributed by atoms with Crippen LogP contribution >= 0.6 is 12.0 Å². The van der Waals surface area contributed by atoms with Crippen molar-refractivity contribution in [2.24, 2.45) is 17.8 Å². The average Bonchev–Trinajstić information content (AvgIpc) is 2.92. The smallest absolute Gasteiger partial charge is 0.0721 e. The van der Waals surface area contributed by atoms with Gasteiger partial charge in [0.25, 0.3) is 0 Å². The summed E-state index contributed by atoms with van der Waals surface area (Å²) >= 11 is 1.09. The highest BCUT2D eigenvalue weighted by Gasteiger charge is 2.31. The predicted molar refractivity (Wildman–Crippen MR) is 151 cm³/mol. The summed E-state index contributed by atoms with van der Waals surface area (Å²) in [4.78, 5) is 0.988. The maximum Gasteiger partial charge on any atom is 0.0721 e. The average molecular weight is 511 g/mol. The highest BCUT2D eigenvalue weighted by atomic mass is 32.2. The molecule has 0 radical (unpaired) electrons. The molecule has 0 bridgehead atoms. The predicted octanol–water partition coefficient (Wildman–Crippen LogP) is 10.6. The van der Waals surface area contributed by atoms with E-state index in [0.29, 0.717) is 11.8 Å². The number of hydrogen-bond donors (Lipinski definition) is 1. The Morgan fingerprint density at radius 2 is 1.53 bits per heavy atom. The highest BCUT2D eigenvalue weighted by molar-refractivity contribution is 7.94. The summed E-state index contributed by atoms with van der Waals surface area (Å²) in [5, 5.41) is 12.7. The van der Waals surface area contributed by atoms with Crippen LogP contribution in [0.15, 0.2) is 47.4 Å². The third kappa shape index (κ3) is 7.37. The van der Waals surface area contributed by atoms with Crippen LogP contribution in [0.2, 0.25) is 0 Å². The van der Waals surface area contributed by atoms with Crippen LogP contribution in [-0.2, 0) is 9.37 Å². The lowest BCUT2D eigenvalue weighted by Gasteiger charge is -2.38. The Kier molecular flexibility index (Phi) is 10.8. The van der Waals surface area contributed by atoms with Crippen molar-refractivity contribution in [2.45, 2.75) is 115 Å². The summed E-state index contributed by atoms with van der Waals surface area (Å²) in [5.74, 6) is 4.02. The first-order valence-electron chi connectivity index (χ1n) is 14.5. The van der Waals surface area contributed by atoms with E-state index < -0.39 is 0 Å². The summed E-state index contributed by atoms with van der Waals surface area (Å²) < 4.78 is 4.89. The molecule has 36 heavy (non-hydrogen) atoms. The third-order valence-corrected chi connectivity index (χ3v) is 9.71. The summed E-state index contributed by atoms with van der Waals surface area (Å²) in [6.07, 6.45) is 16.8. The van der Waals surface area contributed by atoms with E-state index in [-0.39, 0.29) is 0 Å². The van der Waals surface area contributed by atoms with Gasteiger partial charge in [0, 0.05) is 4.90 Å². The van der Waals surface area contributed by atoms with Crippen molar-refractivity contribution < 1.29 is 14.6 Å². The van der Waals surface area contributed by atoms with E-state index in [2.05, 4.69) is 68.3 Å². The van der Waals surface area contributed by atoms with Crippen LogP contribution in [0, 0.1) is 17.8 Å². The fourth-order valence-corrected chi connectivity index (χ4v) is 7.32. The third-order valence-electron chi connectivity index (χ3n) is 9.07. The fraction of sp³-hybridized carbons (Fsp3) is 0.625. The monoisotopic (exact) mass is 510 g/mol. The topological polar surface area (TPSA) is 38.7 Å². The lowest BCUT2D eigenvalue weighted by molar-refractivity contribution is -0.432. The summed E-state index contributed by atoms with van der Waals surface area (Å²) in [7, 11) is 0. The lowest BCUT2D eigenvalue weighted by atomic mass is 9.68. The Morgan fingerprint density at radius 3 is 2.14 bits per heavy atom. The van der Waals surface area contributed by atoms with Crippen molar-refractivity contribution in [3.8, 4) is 11.1 Å². The van der Waals surface area contributed by atoms with Crippen LogP contribution in [0.1, 0.15) is 121 Å². The van der Waals surface area contributed by atoms with E-state index in [9.17, 15) is 0 Å². The van der Waals surface area contributed by atoms with Gasteiger partial charge in [-0.05, 0) is 96.4 Å². The summed E-state index contributed by atoms with van der Waals surface area (Å²) in [6, 6.07) is 15.5. The maximum absolute atomic E-state index is 8.78. The number of rotatable bonds is 11. The molecule has 0 heterocycles. The minimum Gasteiger partial charge on any atom is -0.220 e. The van der Waals surface area contributed by atoms with E-state index in [4.69, 9.17) is 9.59 Å². The van der Waals surface area contributed by atoms with Crippen molar-refractivity contribution >= 4 is 12.0 Å². The van der Waals surface area contributed by atoms with Crippen molar-refractivity contribution in [3.63, 3.8) is 0 Å². The SMILES string of the molecule is CCCCCC1CCC(C2CCC(c3ccc(-c4ccc(C(C)C)cc4)c(SOOO)c3)CC2)CC1. The zero-order chi connectivity index (χ0) is 25.3. The van der Waals surface area contributed by atoms with Gasteiger partial charge in [-0.2, -0.15) is 0 Å². The van der Waals surface area contributed by atoms with E-state index in [1.54, 1.807) is 0 Å². The zero-order valence-corrected chi connectivity index (χ0v) is 23.4. The number of unbranched alkanes of at least 4 members (excludes halogenated alkanes) is 2. The molecule has 2 saturated carbocycles. The lowest BCUT2D eigenvalue weighted by Crippen LogP contribution is -2.25. The highest BCUT2D eigenvalue weighted by Crippen LogP contribution is 2.45. The Bertz CT molecular complexity index is 909. The van der Waals surface area contributed by atoms with E-state index in [1.165, 1.54) is 88.2 Å². The molecular weight excluding hydrogens is 464 g/mol. The molecule has 0 atom stereocenters. The van der Waals surface area contributed by atoms with Gasteiger partial charge in [-0.3, -0.25) is 0 Å². The molecule has 2 fully saturated rings. The van der Waals surface area contributed by atoms with Crippen LogP contribution in [0.5, 0.6) is 0 Å². The van der Waals surface area contributed by atoms with Crippen LogP contribution in [0.25, 0.3) is 11.1 Å². The molecule has 2 aliphatic carbocycles. The molecule has 0 aromatic heterocycles. The second-order valence-corrected chi connectivity index (χ2v) is 12.4. The zero-order valence-electron chi connectivity index (χ0n) is 22.6. The molecule has 2 aromatic rings. The quantitative estimate of drug-likeness (QED) is 0.141. The van der Waals surface area contributed by atoms with Gasteiger partial charge in [-0.15, -0.1) is 4.33 Å². The first-order valence-corrected chi connectivity index (χ1v) is 15.2. The normalized spacial score (nSPS) is 24.8. The molecule has 0 amide bonds. The largest absolute Gasteiger partial charge is 0.220 e. The van der Waals surface area contributed by atoms with E-state index >= 15 is 0 Å². The first kappa shape index (κ1) is 27.7. The molecule has 3 nitrogen and oxygen atoms in total. The van der Waals surface area contributed by atoms with Gasteiger partial charge in [0.2, 0.25) is 0 Å². The van der Waals surface area contributed by atoms with E-state index in [0.717, 1.165) is 45.8 Å². The van der Waals surface area contributed by atoms with Gasteiger partial charge < -0.3 is 0 Å². The van der Waals surface area contributed by atoms with Crippen LogP contribution in [0.4, 0.5) is 0 Å². The minimum absolute atomic E-state index is 0.511. The van der Waals surface area contributed by atoms with Crippen molar-refractivity contribution in [1.29, 1.82) is 0 Å². The summed E-state index contributed by atoms with van der Waals surface area (Å²) in [6.45, 7) is 6.74. The van der Waals surface area contributed by atoms with Crippen molar-refractivity contribution in [1.82, 2.24) is 0 Å². The minimum atomic E-state index is 0.511. The van der Waals surface area contributed by atoms with Gasteiger partial charge in [0.1, 0.15) is 0 Å². The Balaban J connectivity index is 1.36. The molecule has 2 aromatic carbocycles. The van der Waals surface area contributed by atoms with Gasteiger partial charge in [-0.25, -0.2) is 5.26 Å². The standard InChI is InChI=1S/C32H46O3S/c1-4-5-6-7-24-8-10-26(11-9-24)27-14-16-28(17-15-27)30-20-21-31(32(22-30)36-35-34-33)29-18-12-25(13-19-29)23(2)3/h12-13,18-24,26-28,33H,4-11,14-17H2,1-3H3. The van der Waals surface area contributed by atoms with Crippen LogP contribution in [-0.4, -0.2) is 5.26 Å². The fourth-order valence-electron chi connectivity index (χ4n) is 6.75. The first-order chi connectivity index (χ1) is 17.6. The number of benzene rings is 2. The Hall–Kier alpha value is -1.33. The molecule has 0 spiro atoms. The Morgan fingerprint density at radius 1 is 0.861 bits per heavy atom. The summed E-state index contributed by atoms with van der Waals surface area (Å²) in [5.41, 5.74) is 4.99. The van der Waals surface area contributed by atoms with Gasteiger partial charge >= 0.3 is 0 Å². The molecule has 0 saturated heterocycles. The van der Waals surface area contributed by atoms with Crippen molar-refractivity contribution in [2.75, 3.05) is 0 Å².